The Balaban J connectivity index is 0.00000220. The minimum atomic E-state index is -0.00347. The molecule has 0 atom stereocenters. The maximum Gasteiger partial charge on any atom is 0.257 e. The van der Waals surface area contributed by atoms with E-state index >= 15 is 0 Å². The first-order valence-corrected chi connectivity index (χ1v) is 7.29. The lowest BCUT2D eigenvalue weighted by atomic mass is 10.1. The Morgan fingerprint density at radius 3 is 2.43 bits per heavy atom. The fourth-order valence-electron chi connectivity index (χ4n) is 2.21. The largest absolute Gasteiger partial charge is 0.490 e. The fourth-order valence-corrected chi connectivity index (χ4v) is 2.38. The third-order valence-electron chi connectivity index (χ3n) is 3.33. The number of amides is 1. The van der Waals surface area contributed by atoms with Gasteiger partial charge in [0.2, 0.25) is 0 Å². The smallest absolute Gasteiger partial charge is 0.257 e. The van der Waals surface area contributed by atoms with Gasteiger partial charge in [-0.05, 0) is 39.1 Å². The lowest BCUT2D eigenvalue weighted by Gasteiger charge is -2.32. The molecule has 1 aromatic rings. The highest BCUT2D eigenvalue weighted by Gasteiger charge is 2.23. The first-order valence-electron chi connectivity index (χ1n) is 6.91. The topological polar surface area (TPSA) is 32.8 Å². The second-order valence-corrected chi connectivity index (χ2v) is 5.84. The van der Waals surface area contributed by atoms with Crippen molar-refractivity contribution in [1.29, 1.82) is 0 Å². The van der Waals surface area contributed by atoms with Gasteiger partial charge >= 0.3 is 0 Å². The molecule has 1 heterocycles. The van der Waals surface area contributed by atoms with Gasteiger partial charge in [-0.1, -0.05) is 11.6 Å². The van der Waals surface area contributed by atoms with Crippen molar-refractivity contribution in [2.45, 2.75) is 20.0 Å². The van der Waals surface area contributed by atoms with Crippen LogP contribution in [0.1, 0.15) is 24.2 Å². The SMILES string of the molecule is CC(C)Oc1ccc(Cl)cc1C(=O)N1CCN(C)CC1.Cl. The van der Waals surface area contributed by atoms with E-state index in [1.807, 2.05) is 18.7 Å². The van der Waals surface area contributed by atoms with Crippen LogP contribution in [0.2, 0.25) is 5.02 Å². The summed E-state index contributed by atoms with van der Waals surface area (Å²) >= 11 is 6.03. The average molecular weight is 333 g/mol. The van der Waals surface area contributed by atoms with E-state index in [2.05, 4.69) is 11.9 Å². The summed E-state index contributed by atoms with van der Waals surface area (Å²) in [6.45, 7) is 7.16. The zero-order valence-corrected chi connectivity index (χ0v) is 14.2. The van der Waals surface area contributed by atoms with Crippen molar-refractivity contribution in [3.8, 4) is 5.75 Å². The van der Waals surface area contributed by atoms with Gasteiger partial charge in [-0.2, -0.15) is 0 Å². The van der Waals surface area contributed by atoms with E-state index in [1.165, 1.54) is 0 Å². The summed E-state index contributed by atoms with van der Waals surface area (Å²) in [5, 5.41) is 0.554. The van der Waals surface area contributed by atoms with Crippen molar-refractivity contribution in [3.63, 3.8) is 0 Å². The van der Waals surface area contributed by atoms with Crippen LogP contribution in [0.4, 0.5) is 0 Å². The van der Waals surface area contributed by atoms with Crippen LogP contribution < -0.4 is 4.74 Å². The molecule has 0 unspecified atom stereocenters. The summed E-state index contributed by atoms with van der Waals surface area (Å²) in [6.07, 6.45) is 0.0233. The van der Waals surface area contributed by atoms with E-state index in [4.69, 9.17) is 16.3 Å². The second kappa shape index (κ2) is 7.87. The molecule has 21 heavy (non-hydrogen) atoms. The van der Waals surface area contributed by atoms with Gasteiger partial charge in [-0.3, -0.25) is 4.79 Å². The Hall–Kier alpha value is -0.970. The summed E-state index contributed by atoms with van der Waals surface area (Å²) in [5.74, 6) is 0.601. The molecular formula is C15H22Cl2N2O2. The number of halogens is 2. The summed E-state index contributed by atoms with van der Waals surface area (Å²) in [7, 11) is 2.06. The van der Waals surface area contributed by atoms with Crippen LogP contribution in [-0.4, -0.2) is 55.0 Å². The first kappa shape index (κ1) is 18.1. The minimum absolute atomic E-state index is 0. The number of hydrogen-bond acceptors (Lipinski definition) is 3. The molecule has 0 saturated carbocycles. The number of carbonyl (C=O) groups excluding carboxylic acids is 1. The molecule has 118 valence electrons. The minimum Gasteiger partial charge on any atom is -0.490 e. The van der Waals surface area contributed by atoms with Gasteiger partial charge in [0.25, 0.3) is 5.91 Å². The third-order valence-corrected chi connectivity index (χ3v) is 3.56. The van der Waals surface area contributed by atoms with E-state index in [-0.39, 0.29) is 24.4 Å². The lowest BCUT2D eigenvalue weighted by Crippen LogP contribution is -2.47. The molecule has 6 heteroatoms. The summed E-state index contributed by atoms with van der Waals surface area (Å²) < 4.78 is 5.72. The Kier molecular flexibility index (Phi) is 6.78. The van der Waals surface area contributed by atoms with E-state index in [1.54, 1.807) is 18.2 Å². The summed E-state index contributed by atoms with van der Waals surface area (Å²) in [6, 6.07) is 5.21. The lowest BCUT2D eigenvalue weighted by molar-refractivity contribution is 0.0658. The van der Waals surface area contributed by atoms with Crippen LogP contribution in [0.25, 0.3) is 0 Å². The number of benzene rings is 1. The molecule has 0 aliphatic carbocycles. The number of piperazine rings is 1. The van der Waals surface area contributed by atoms with Crippen molar-refractivity contribution >= 4 is 29.9 Å². The van der Waals surface area contributed by atoms with Gasteiger partial charge in [-0.15, -0.1) is 12.4 Å². The Morgan fingerprint density at radius 1 is 1.24 bits per heavy atom. The van der Waals surface area contributed by atoms with Gasteiger partial charge in [0.05, 0.1) is 11.7 Å². The fraction of sp³-hybridized carbons (Fsp3) is 0.533. The Labute approximate surface area is 137 Å². The van der Waals surface area contributed by atoms with E-state index in [9.17, 15) is 4.79 Å². The first-order chi connectivity index (χ1) is 9.47. The predicted molar refractivity (Wildman–Crippen MR) is 87.9 cm³/mol. The van der Waals surface area contributed by atoms with Gasteiger partial charge < -0.3 is 14.5 Å². The predicted octanol–water partition coefficient (Wildman–Crippen LogP) is 2.94. The van der Waals surface area contributed by atoms with Crippen molar-refractivity contribution < 1.29 is 9.53 Å². The highest BCUT2D eigenvalue weighted by molar-refractivity contribution is 6.31. The van der Waals surface area contributed by atoms with Crippen LogP contribution in [0.3, 0.4) is 0 Å². The van der Waals surface area contributed by atoms with E-state index in [0.29, 0.717) is 16.3 Å². The molecule has 0 bridgehead atoms. The zero-order chi connectivity index (χ0) is 14.7. The molecule has 0 radical (unpaired) electrons. The van der Waals surface area contributed by atoms with Gasteiger partial charge in [0.1, 0.15) is 5.75 Å². The monoisotopic (exact) mass is 332 g/mol. The number of rotatable bonds is 3. The molecule has 2 rings (SSSR count). The molecule has 0 N–H and O–H groups in total. The molecular weight excluding hydrogens is 311 g/mol. The molecule has 4 nitrogen and oxygen atoms in total. The maximum absolute atomic E-state index is 12.6. The van der Waals surface area contributed by atoms with Crippen molar-refractivity contribution in [2.75, 3.05) is 33.2 Å². The molecule has 1 aliphatic rings. The van der Waals surface area contributed by atoms with Gasteiger partial charge in [-0.25, -0.2) is 0 Å². The molecule has 1 saturated heterocycles. The number of likely N-dealkylation sites (N-methyl/N-ethyl adjacent to an activating group) is 1. The summed E-state index contributed by atoms with van der Waals surface area (Å²) in [4.78, 5) is 16.7. The normalized spacial score (nSPS) is 15.8. The number of ether oxygens (including phenoxy) is 1. The molecule has 0 aromatic heterocycles. The van der Waals surface area contributed by atoms with Crippen molar-refractivity contribution in [1.82, 2.24) is 9.80 Å². The Bertz CT molecular complexity index is 487. The average Bonchev–Trinajstić information content (AvgIpc) is 2.40. The molecule has 0 spiro atoms. The number of hydrogen-bond donors (Lipinski definition) is 0. The van der Waals surface area contributed by atoms with Crippen LogP contribution >= 0.6 is 24.0 Å². The molecule has 1 amide bonds. The molecule has 1 fully saturated rings. The van der Waals surface area contributed by atoms with Crippen molar-refractivity contribution in [3.05, 3.63) is 28.8 Å². The second-order valence-electron chi connectivity index (χ2n) is 5.40. The molecule has 1 aromatic carbocycles. The van der Waals surface area contributed by atoms with Crippen LogP contribution in [0.5, 0.6) is 5.75 Å². The Morgan fingerprint density at radius 2 is 1.86 bits per heavy atom. The highest BCUT2D eigenvalue weighted by atomic mass is 35.5. The number of nitrogens with zero attached hydrogens (tertiary/aromatic N) is 2. The maximum atomic E-state index is 12.6. The van der Waals surface area contributed by atoms with Crippen LogP contribution in [0, 0.1) is 0 Å². The van der Waals surface area contributed by atoms with Crippen LogP contribution in [-0.2, 0) is 0 Å². The van der Waals surface area contributed by atoms with E-state index < -0.39 is 0 Å². The standard InChI is InChI=1S/C15H21ClN2O2.ClH/c1-11(2)20-14-5-4-12(16)10-13(14)15(19)18-8-6-17(3)7-9-18;/h4-5,10-11H,6-9H2,1-3H3;1H. The van der Waals surface area contributed by atoms with Crippen molar-refractivity contribution in [2.24, 2.45) is 0 Å². The zero-order valence-electron chi connectivity index (χ0n) is 12.6. The quantitative estimate of drug-likeness (QED) is 0.853. The highest BCUT2D eigenvalue weighted by Crippen LogP contribution is 2.25. The summed E-state index contributed by atoms with van der Waals surface area (Å²) in [5.41, 5.74) is 0.552. The third kappa shape index (κ3) is 4.77. The van der Waals surface area contributed by atoms with Gasteiger partial charge in [0.15, 0.2) is 0 Å². The molecule has 1 aliphatic heterocycles. The number of carbonyl (C=O) groups is 1. The van der Waals surface area contributed by atoms with Gasteiger partial charge in [0, 0.05) is 31.2 Å². The van der Waals surface area contributed by atoms with E-state index in [0.717, 1.165) is 26.2 Å². The van der Waals surface area contributed by atoms with Crippen LogP contribution in [0.15, 0.2) is 18.2 Å².